The zero-order chi connectivity index (χ0) is 29.3. The van der Waals surface area contributed by atoms with Crippen molar-refractivity contribution in [2.75, 3.05) is 33.7 Å². The molecule has 3 aliphatic rings. The molecule has 0 atom stereocenters. The van der Waals surface area contributed by atoms with Gasteiger partial charge in [0.2, 0.25) is 9.84 Å². The minimum absolute atomic E-state index is 0.194. The van der Waals surface area contributed by atoms with Gasteiger partial charge in [-0.2, -0.15) is 5.26 Å². The smallest absolute Gasteiger partial charge is 0.202 e. The molecular weight excluding hydrogens is 542 g/mol. The average molecular weight is 572 g/mol. The molecule has 3 heterocycles. The van der Waals surface area contributed by atoms with Crippen molar-refractivity contribution in [2.24, 2.45) is 0 Å². The van der Waals surface area contributed by atoms with E-state index in [1.165, 1.54) is 6.08 Å². The van der Waals surface area contributed by atoms with Crippen molar-refractivity contribution < 1.29 is 8.42 Å². The minimum atomic E-state index is -3.71. The Morgan fingerprint density at radius 2 is 1.17 bits per heavy atom. The van der Waals surface area contributed by atoms with E-state index in [0.717, 1.165) is 56.9 Å². The maximum atomic E-state index is 13.4. The summed E-state index contributed by atoms with van der Waals surface area (Å²) >= 11 is 0. The first-order valence-electron chi connectivity index (χ1n) is 13.9. The summed E-state index contributed by atoms with van der Waals surface area (Å²) < 4.78 is 26.7. The number of hydrogen-bond acceptors (Lipinski definition) is 7. The third-order valence-corrected chi connectivity index (χ3v) is 10.3. The van der Waals surface area contributed by atoms with Gasteiger partial charge in [-0.25, -0.2) is 8.42 Å². The fraction of sp³-hybridized carbons (Fsp3) is 0.147. The zero-order valence-electron chi connectivity index (χ0n) is 23.8. The predicted molar refractivity (Wildman–Crippen MR) is 170 cm³/mol. The highest BCUT2D eigenvalue weighted by atomic mass is 32.2. The maximum Gasteiger partial charge on any atom is 0.202 e. The van der Waals surface area contributed by atoms with Crippen LogP contribution in [0.3, 0.4) is 0 Å². The third kappa shape index (κ3) is 3.47. The number of sulfone groups is 1. The Kier molecular flexibility index (Phi) is 5.72. The molecule has 42 heavy (non-hydrogen) atoms. The third-order valence-electron chi connectivity index (χ3n) is 8.45. The molecule has 208 valence electrons. The van der Waals surface area contributed by atoms with Crippen LogP contribution in [0.2, 0.25) is 0 Å². The Labute approximate surface area is 246 Å². The van der Waals surface area contributed by atoms with Crippen molar-refractivity contribution in [3.8, 4) is 6.07 Å². The van der Waals surface area contributed by atoms with Crippen molar-refractivity contribution >= 4 is 66.7 Å². The second-order valence-corrected chi connectivity index (χ2v) is 12.8. The van der Waals surface area contributed by atoms with Crippen molar-refractivity contribution in [3.63, 3.8) is 0 Å². The van der Waals surface area contributed by atoms with Gasteiger partial charge >= 0.3 is 0 Å². The minimum Gasteiger partial charge on any atom is -0.341 e. The number of allylic oxidation sites excluding steroid dienone is 4. The van der Waals surface area contributed by atoms with Crippen molar-refractivity contribution in [2.45, 2.75) is 25.2 Å². The summed E-state index contributed by atoms with van der Waals surface area (Å²) in [5.41, 5.74) is 11.3. The van der Waals surface area contributed by atoms with Crippen molar-refractivity contribution in [3.05, 3.63) is 101 Å². The molecule has 0 N–H and O–H groups in total. The van der Waals surface area contributed by atoms with Crippen LogP contribution in [0.25, 0.3) is 0 Å². The van der Waals surface area contributed by atoms with Crippen molar-refractivity contribution in [1.29, 1.82) is 5.26 Å². The van der Waals surface area contributed by atoms with Crippen LogP contribution in [-0.2, 0) is 9.84 Å². The number of anilines is 10. The lowest BCUT2D eigenvalue weighted by Crippen LogP contribution is -2.35. The molecular formula is C34H29N5O2S. The van der Waals surface area contributed by atoms with E-state index in [0.29, 0.717) is 12.0 Å². The van der Waals surface area contributed by atoms with Crippen LogP contribution in [-0.4, -0.2) is 22.5 Å². The van der Waals surface area contributed by atoms with Gasteiger partial charge in [0, 0.05) is 30.3 Å². The largest absolute Gasteiger partial charge is 0.341 e. The fourth-order valence-corrected chi connectivity index (χ4v) is 7.31. The quantitative estimate of drug-likeness (QED) is 0.154. The van der Waals surface area contributed by atoms with Gasteiger partial charge in [-0.15, -0.1) is 0 Å². The molecule has 0 saturated carbocycles. The van der Waals surface area contributed by atoms with Crippen LogP contribution in [0.5, 0.6) is 0 Å². The van der Waals surface area contributed by atoms with Crippen molar-refractivity contribution in [1.82, 2.24) is 0 Å². The summed E-state index contributed by atoms with van der Waals surface area (Å²) in [4.78, 5) is 9.51. The molecule has 0 amide bonds. The number of rotatable bonds is 5. The lowest BCUT2D eigenvalue weighted by molar-refractivity contribution is 0.602. The van der Waals surface area contributed by atoms with Gasteiger partial charge in [-0.05, 0) is 86.2 Å². The normalized spacial score (nSPS) is 15.0. The molecule has 0 fully saturated rings. The lowest BCUT2D eigenvalue weighted by Gasteiger charge is -2.50. The summed E-state index contributed by atoms with van der Waals surface area (Å²) in [6.45, 7) is 3.43. The molecule has 0 bridgehead atoms. The number of nitriles is 1. The van der Waals surface area contributed by atoms with E-state index in [1.807, 2.05) is 19.1 Å². The van der Waals surface area contributed by atoms with E-state index in [1.54, 1.807) is 25.1 Å². The van der Waals surface area contributed by atoms with Gasteiger partial charge in [0.05, 0.1) is 62.2 Å². The topological polar surface area (TPSA) is 70.9 Å². The van der Waals surface area contributed by atoms with E-state index in [4.69, 9.17) is 0 Å². The van der Waals surface area contributed by atoms with Crippen LogP contribution in [0.1, 0.15) is 20.3 Å². The van der Waals surface area contributed by atoms with Crippen LogP contribution in [0, 0.1) is 11.3 Å². The van der Waals surface area contributed by atoms with Gasteiger partial charge in [0.1, 0.15) is 0 Å². The van der Waals surface area contributed by atoms with Gasteiger partial charge in [-0.3, -0.25) is 4.90 Å². The maximum absolute atomic E-state index is 13.4. The molecule has 8 heteroatoms. The second kappa shape index (κ2) is 9.26. The Bertz CT molecular complexity index is 1930. The van der Waals surface area contributed by atoms with Gasteiger partial charge in [-0.1, -0.05) is 25.1 Å². The summed E-state index contributed by atoms with van der Waals surface area (Å²) in [7, 11) is 0.500. The summed E-state index contributed by atoms with van der Waals surface area (Å²) in [5, 5.41) is 9.19. The Hall–Kier alpha value is -5.00. The summed E-state index contributed by atoms with van der Waals surface area (Å²) in [6, 6.07) is 28.3. The predicted octanol–water partition coefficient (Wildman–Crippen LogP) is 8.64. The second-order valence-electron chi connectivity index (χ2n) is 10.7. The average Bonchev–Trinajstić information content (AvgIpc) is 3.02. The van der Waals surface area contributed by atoms with E-state index >= 15 is 0 Å². The van der Waals surface area contributed by atoms with Crippen LogP contribution < -0.4 is 19.6 Å². The Balaban J connectivity index is 1.38. The van der Waals surface area contributed by atoms with Crippen LogP contribution >= 0.6 is 0 Å². The first-order chi connectivity index (χ1) is 20.3. The number of benzene rings is 4. The molecule has 7 rings (SSSR count). The highest BCUT2D eigenvalue weighted by molar-refractivity contribution is 7.95. The SMILES string of the molecule is CC/C(C#N)=C\C=C(/C)S(=O)(=O)c1ccc(N2c3cccc4c3N3c5c(cccc5N(C)c5cccc2c53)N4C)cc1. The molecule has 0 radical (unpaired) electrons. The first-order valence-corrected chi connectivity index (χ1v) is 15.4. The highest BCUT2D eigenvalue weighted by Crippen LogP contribution is 2.67. The number of nitrogens with zero attached hydrogens (tertiary/aromatic N) is 5. The lowest BCUT2D eigenvalue weighted by atomic mass is 9.95. The number of para-hydroxylation sites is 3. The molecule has 0 spiro atoms. The zero-order valence-corrected chi connectivity index (χ0v) is 24.6. The standard InChI is InChI=1S/C34H29N5O2S/c1-5-23(21-35)16-15-22(2)42(40,41)25-19-17-24(18-20-25)38-30-13-7-11-28-33(30)39-32-26(36(28)3)9-6-10-27(32)37(4)29-12-8-14-31(38)34(29)39/h6-20H,5H2,1-4H3/b22-15+,23-16+. The van der Waals surface area contributed by atoms with E-state index in [-0.39, 0.29) is 9.80 Å². The first kappa shape index (κ1) is 25.9. The summed E-state index contributed by atoms with van der Waals surface area (Å²) in [6.07, 6.45) is 3.64. The Morgan fingerprint density at radius 1 is 0.714 bits per heavy atom. The number of hydrogen-bond donors (Lipinski definition) is 0. The van der Waals surface area contributed by atoms with Gasteiger partial charge < -0.3 is 14.7 Å². The molecule has 4 aromatic carbocycles. The molecule has 0 saturated heterocycles. The molecule has 0 aliphatic carbocycles. The van der Waals surface area contributed by atoms with Gasteiger partial charge in [0.25, 0.3) is 0 Å². The Morgan fingerprint density at radius 3 is 1.62 bits per heavy atom. The summed E-state index contributed by atoms with van der Waals surface area (Å²) in [5.74, 6) is 0. The van der Waals surface area contributed by atoms with Gasteiger partial charge in [0.15, 0.2) is 0 Å². The molecule has 0 unspecified atom stereocenters. The monoisotopic (exact) mass is 571 g/mol. The van der Waals surface area contributed by atoms with E-state index < -0.39 is 9.84 Å². The van der Waals surface area contributed by atoms with E-state index in [9.17, 15) is 13.7 Å². The molecule has 4 aromatic rings. The molecule has 7 nitrogen and oxygen atoms in total. The van der Waals surface area contributed by atoms with Crippen LogP contribution in [0.4, 0.5) is 56.9 Å². The molecule has 3 aliphatic heterocycles. The fourth-order valence-electron chi connectivity index (χ4n) is 6.19. The molecule has 0 aromatic heterocycles. The van der Waals surface area contributed by atoms with E-state index in [2.05, 4.69) is 94.4 Å². The van der Waals surface area contributed by atoms with Crippen LogP contribution in [0.15, 0.2) is 106 Å². The highest BCUT2D eigenvalue weighted by Gasteiger charge is 2.43.